The second kappa shape index (κ2) is 22.1. The minimum atomic E-state index is -0.666. The summed E-state index contributed by atoms with van der Waals surface area (Å²) in [6, 6.07) is 17.8. The smallest absolute Gasteiger partial charge is 0.407 e. The van der Waals surface area contributed by atoms with Gasteiger partial charge in [0.05, 0.1) is 24.3 Å². The van der Waals surface area contributed by atoms with Gasteiger partial charge in [0.2, 0.25) is 0 Å². The molecule has 6 atom stereocenters. The first-order chi connectivity index (χ1) is 26.0. The highest BCUT2D eigenvalue weighted by atomic mass is 16.7. The van der Waals surface area contributed by atoms with Crippen LogP contribution >= 0.6 is 0 Å². The summed E-state index contributed by atoms with van der Waals surface area (Å²) in [4.78, 5) is 48.2. The number of ether oxygens (including phenoxy) is 6. The number of amides is 4. The van der Waals surface area contributed by atoms with Crippen molar-refractivity contribution in [1.29, 1.82) is 0 Å². The SMILES string of the molecule is CC(C)(C)OC(=O)N[C@H]1C[C@@H](NC(=O)OCc2ccccc2)CC[C@@H]1O.COCO[C@H]1CC[C@H](NC(=O)OCc2ccccc2)C[C@@H]1NC(=O)OC(C)(C)C. The van der Waals surface area contributed by atoms with Crippen LogP contribution in [0, 0.1) is 0 Å². The summed E-state index contributed by atoms with van der Waals surface area (Å²) in [5.74, 6) is 0. The molecule has 4 amide bonds. The highest BCUT2D eigenvalue weighted by Gasteiger charge is 2.35. The molecule has 15 heteroatoms. The van der Waals surface area contributed by atoms with E-state index in [9.17, 15) is 24.3 Å². The summed E-state index contributed by atoms with van der Waals surface area (Å²) in [6.07, 6.45) is 0.427. The van der Waals surface area contributed by atoms with Crippen molar-refractivity contribution in [3.05, 3.63) is 71.8 Å². The molecule has 2 aromatic rings. The van der Waals surface area contributed by atoms with Crippen molar-refractivity contribution in [2.45, 2.75) is 141 Å². The summed E-state index contributed by atoms with van der Waals surface area (Å²) in [5, 5.41) is 21.3. The molecule has 5 N–H and O–H groups in total. The topological polar surface area (TPSA) is 192 Å². The lowest BCUT2D eigenvalue weighted by Crippen LogP contribution is -2.53. The highest BCUT2D eigenvalue weighted by Crippen LogP contribution is 2.24. The van der Waals surface area contributed by atoms with E-state index in [1.165, 1.54) is 0 Å². The van der Waals surface area contributed by atoms with Gasteiger partial charge in [0, 0.05) is 19.2 Å². The van der Waals surface area contributed by atoms with Crippen LogP contribution in [0.3, 0.4) is 0 Å². The lowest BCUT2D eigenvalue weighted by Gasteiger charge is -2.36. The quantitative estimate of drug-likeness (QED) is 0.132. The molecule has 0 saturated heterocycles. The Kier molecular flexibility index (Phi) is 18.0. The minimum absolute atomic E-state index is 0.133. The van der Waals surface area contributed by atoms with Gasteiger partial charge in [-0.2, -0.15) is 0 Å². The van der Waals surface area contributed by atoms with Crippen molar-refractivity contribution in [2.75, 3.05) is 13.9 Å². The molecule has 55 heavy (non-hydrogen) atoms. The number of carbonyl (C=O) groups excluding carboxylic acids is 4. The van der Waals surface area contributed by atoms with E-state index in [-0.39, 0.29) is 44.2 Å². The van der Waals surface area contributed by atoms with Crippen molar-refractivity contribution < 1.29 is 52.7 Å². The average Bonchev–Trinajstić information content (AvgIpc) is 3.10. The maximum atomic E-state index is 12.2. The molecule has 306 valence electrons. The molecular weight excluding hydrogens is 712 g/mol. The number of benzene rings is 2. The van der Waals surface area contributed by atoms with E-state index in [1.807, 2.05) is 60.7 Å². The number of aliphatic hydroxyl groups is 1. The second-order valence-electron chi connectivity index (χ2n) is 15.6. The average molecular weight is 773 g/mol. The molecule has 0 spiro atoms. The molecule has 0 radical (unpaired) electrons. The van der Waals surface area contributed by atoms with E-state index in [0.29, 0.717) is 38.5 Å². The molecular formula is C40H60N4O11. The third-order valence-electron chi connectivity index (χ3n) is 8.47. The van der Waals surface area contributed by atoms with Crippen molar-refractivity contribution in [2.24, 2.45) is 0 Å². The van der Waals surface area contributed by atoms with Crippen LogP contribution in [0.1, 0.15) is 91.2 Å². The molecule has 0 aromatic heterocycles. The molecule has 0 bridgehead atoms. The van der Waals surface area contributed by atoms with Crippen molar-refractivity contribution in [3.63, 3.8) is 0 Å². The number of nitrogens with one attached hydrogen (secondary N) is 4. The van der Waals surface area contributed by atoms with Gasteiger partial charge in [-0.25, -0.2) is 19.2 Å². The third kappa shape index (κ3) is 18.5. The van der Waals surface area contributed by atoms with Crippen molar-refractivity contribution in [1.82, 2.24) is 21.3 Å². The Balaban J connectivity index is 0.000000297. The van der Waals surface area contributed by atoms with Crippen LogP contribution in [-0.4, -0.2) is 91.0 Å². The van der Waals surface area contributed by atoms with E-state index in [0.717, 1.165) is 11.1 Å². The number of carbonyl (C=O) groups is 4. The zero-order valence-electron chi connectivity index (χ0n) is 33.1. The van der Waals surface area contributed by atoms with Crippen LogP contribution in [0.5, 0.6) is 0 Å². The predicted molar refractivity (Wildman–Crippen MR) is 204 cm³/mol. The first kappa shape index (κ1) is 44.8. The summed E-state index contributed by atoms with van der Waals surface area (Å²) in [6.45, 7) is 11.3. The monoisotopic (exact) mass is 772 g/mol. The van der Waals surface area contributed by atoms with Crippen LogP contribution in [0.25, 0.3) is 0 Å². The molecule has 0 aliphatic heterocycles. The fraction of sp³-hybridized carbons (Fsp3) is 0.600. The van der Waals surface area contributed by atoms with E-state index in [2.05, 4.69) is 21.3 Å². The van der Waals surface area contributed by atoms with E-state index >= 15 is 0 Å². The van der Waals surface area contributed by atoms with Gasteiger partial charge in [-0.3, -0.25) is 0 Å². The normalized spacial score (nSPS) is 22.4. The van der Waals surface area contributed by atoms with Gasteiger partial charge in [-0.05, 0) is 91.2 Å². The molecule has 0 unspecified atom stereocenters. The zero-order chi connectivity index (χ0) is 40.4. The summed E-state index contributed by atoms with van der Waals surface area (Å²) >= 11 is 0. The zero-order valence-corrected chi connectivity index (χ0v) is 33.1. The van der Waals surface area contributed by atoms with Gasteiger partial charge in [-0.1, -0.05) is 60.7 Å². The number of aliphatic hydroxyl groups excluding tert-OH is 1. The number of alkyl carbamates (subject to hydrolysis) is 4. The Labute approximate surface area is 324 Å². The van der Waals surface area contributed by atoms with Gasteiger partial charge in [0.25, 0.3) is 0 Å². The lowest BCUT2D eigenvalue weighted by atomic mass is 9.88. The summed E-state index contributed by atoms with van der Waals surface area (Å²) < 4.78 is 31.8. The lowest BCUT2D eigenvalue weighted by molar-refractivity contribution is -0.0950. The molecule has 2 aromatic carbocycles. The molecule has 0 heterocycles. The Morgan fingerprint density at radius 2 is 1.05 bits per heavy atom. The van der Waals surface area contributed by atoms with Crippen molar-refractivity contribution in [3.8, 4) is 0 Å². The standard InChI is InChI=1S/C21H32N2O6.C19H28N2O5/c1-21(2,3)29-20(25)23-17-12-16(10-11-18(17)28-14-26-4)22-19(24)27-13-15-8-6-5-7-9-15;1-19(2,3)26-18(24)21-15-11-14(9-10-16(15)22)20-17(23)25-12-13-7-5-4-6-8-13/h5-9,16-18H,10-14H2,1-4H3,(H,22,24)(H,23,25);4-8,14-16,22H,9-12H2,1-3H3,(H,20,23)(H,21,24)/t16-,17-,18-;14-,15-,16-/m00/s1. The Bertz CT molecular complexity index is 1470. The Morgan fingerprint density at radius 3 is 1.51 bits per heavy atom. The highest BCUT2D eigenvalue weighted by molar-refractivity contribution is 5.69. The fourth-order valence-electron chi connectivity index (χ4n) is 6.00. The minimum Gasteiger partial charge on any atom is -0.445 e. The van der Waals surface area contributed by atoms with Gasteiger partial charge >= 0.3 is 24.4 Å². The molecule has 2 fully saturated rings. The fourth-order valence-corrected chi connectivity index (χ4v) is 6.00. The second-order valence-corrected chi connectivity index (χ2v) is 15.6. The molecule has 2 aliphatic rings. The van der Waals surface area contributed by atoms with Gasteiger partial charge in [0.1, 0.15) is 31.2 Å². The molecule has 2 aliphatic carbocycles. The number of hydrogen-bond donors (Lipinski definition) is 5. The maximum absolute atomic E-state index is 12.2. The largest absolute Gasteiger partial charge is 0.445 e. The van der Waals surface area contributed by atoms with E-state index in [1.54, 1.807) is 48.7 Å². The Morgan fingerprint density at radius 1 is 0.618 bits per heavy atom. The van der Waals surface area contributed by atoms with Crippen molar-refractivity contribution >= 4 is 24.4 Å². The summed E-state index contributed by atoms with van der Waals surface area (Å²) in [7, 11) is 1.55. The third-order valence-corrected chi connectivity index (χ3v) is 8.47. The first-order valence-corrected chi connectivity index (χ1v) is 18.7. The van der Waals surface area contributed by atoms with Gasteiger partial charge in [-0.15, -0.1) is 0 Å². The van der Waals surface area contributed by atoms with Crippen LogP contribution in [0.4, 0.5) is 19.2 Å². The van der Waals surface area contributed by atoms with Crippen LogP contribution in [0.2, 0.25) is 0 Å². The maximum Gasteiger partial charge on any atom is 0.407 e. The van der Waals surface area contributed by atoms with Gasteiger partial charge < -0.3 is 54.8 Å². The van der Waals surface area contributed by atoms with E-state index < -0.39 is 47.7 Å². The van der Waals surface area contributed by atoms with E-state index in [4.69, 9.17) is 28.4 Å². The van der Waals surface area contributed by atoms with Crippen LogP contribution in [0.15, 0.2) is 60.7 Å². The Hall–Kier alpha value is -4.60. The molecule has 15 nitrogen and oxygen atoms in total. The number of hydrogen-bond acceptors (Lipinski definition) is 11. The molecule has 2 saturated carbocycles. The van der Waals surface area contributed by atoms with Crippen LogP contribution in [-0.2, 0) is 41.6 Å². The number of methoxy groups -OCH3 is 1. The van der Waals surface area contributed by atoms with Crippen LogP contribution < -0.4 is 21.3 Å². The molecule has 4 rings (SSSR count). The first-order valence-electron chi connectivity index (χ1n) is 18.7. The number of rotatable bonds is 11. The van der Waals surface area contributed by atoms with Gasteiger partial charge in [0.15, 0.2) is 0 Å². The predicted octanol–water partition coefficient (Wildman–Crippen LogP) is 6.07. The summed E-state index contributed by atoms with van der Waals surface area (Å²) in [5.41, 5.74) is 0.623.